The predicted octanol–water partition coefficient (Wildman–Crippen LogP) is 20.2. The normalized spacial score (nSPS) is 11.6. The number of fused-ring (bicyclic) bond motifs is 8. The van der Waals surface area contributed by atoms with Gasteiger partial charge < -0.3 is 28.9 Å². The van der Waals surface area contributed by atoms with Crippen LogP contribution < -0.4 is 24.3 Å². The van der Waals surface area contributed by atoms with Crippen molar-refractivity contribution in [3.05, 3.63) is 314 Å². The van der Waals surface area contributed by atoms with Gasteiger partial charge >= 0.3 is 0 Å². The zero-order valence-electron chi connectivity index (χ0n) is 47.9. The summed E-state index contributed by atoms with van der Waals surface area (Å²) in [5, 5.41) is 5.28. The maximum absolute atomic E-state index is 5.81. The highest BCUT2D eigenvalue weighted by Gasteiger charge is 2.20. The number of benzene rings is 12. The summed E-state index contributed by atoms with van der Waals surface area (Å²) in [5.41, 5.74) is 17.7. The van der Waals surface area contributed by atoms with Crippen LogP contribution in [0.1, 0.15) is 11.1 Å². The molecule has 6 heteroatoms. The molecular formula is C77H69N5O. The number of aromatic nitrogens is 1. The van der Waals surface area contributed by atoms with E-state index < -0.39 is 0 Å². The predicted molar refractivity (Wildman–Crippen MR) is 355 cm³/mol. The van der Waals surface area contributed by atoms with Gasteiger partial charge in [-0.15, -0.1) is 0 Å². The van der Waals surface area contributed by atoms with E-state index in [1.165, 1.54) is 89.0 Å². The van der Waals surface area contributed by atoms with Gasteiger partial charge in [-0.25, -0.2) is 0 Å². The van der Waals surface area contributed by atoms with Gasteiger partial charge in [-0.05, 0) is 149 Å². The Morgan fingerprint density at radius 2 is 0.687 bits per heavy atom. The van der Waals surface area contributed by atoms with E-state index >= 15 is 0 Å². The summed E-state index contributed by atoms with van der Waals surface area (Å²) in [6, 6.07) is 105. The highest BCUT2D eigenvalue weighted by molar-refractivity contribution is 6.12. The first-order valence-corrected chi connectivity index (χ1v) is 28.4. The van der Waals surface area contributed by atoms with Crippen LogP contribution in [0, 0.1) is 0 Å². The van der Waals surface area contributed by atoms with Crippen LogP contribution in [0.3, 0.4) is 0 Å². The van der Waals surface area contributed by atoms with Gasteiger partial charge in [0.15, 0.2) is 11.5 Å². The minimum atomic E-state index is 0.915. The zero-order chi connectivity index (χ0) is 56.9. The van der Waals surface area contributed by atoms with E-state index in [2.05, 4.69) is 302 Å². The number of nitrogens with zero attached hydrogens (tertiary/aromatic N) is 5. The molecule has 0 spiro atoms. The SMILES string of the molecule is CN(c1ccccc1)c1cccc(-c2ccccc2)c1.CN(c1ccccc1)c1ccccc1.CN1c2ccccc2CCc2ccccc21.CN1c2ccccc2Oc2ccccc21.Cn1c2ccccc2c2cc3ccccc3cc21. The minimum Gasteiger partial charge on any atom is -0.453 e. The summed E-state index contributed by atoms with van der Waals surface area (Å²) in [6.07, 6.45) is 2.27. The summed E-state index contributed by atoms with van der Waals surface area (Å²) < 4.78 is 8.08. The number of hydrogen-bond donors (Lipinski definition) is 0. The van der Waals surface area contributed by atoms with Crippen LogP contribution in [0.4, 0.5) is 45.5 Å². The summed E-state index contributed by atoms with van der Waals surface area (Å²) in [4.78, 5) is 8.82. The van der Waals surface area contributed by atoms with Crippen molar-refractivity contribution < 1.29 is 4.74 Å². The highest BCUT2D eigenvalue weighted by atomic mass is 16.5. The summed E-state index contributed by atoms with van der Waals surface area (Å²) >= 11 is 0. The molecule has 0 bridgehead atoms. The minimum absolute atomic E-state index is 0.915. The zero-order valence-corrected chi connectivity index (χ0v) is 47.9. The van der Waals surface area contributed by atoms with Crippen molar-refractivity contribution in [2.75, 3.05) is 47.8 Å². The molecule has 2 aliphatic heterocycles. The molecule has 83 heavy (non-hydrogen) atoms. The molecule has 0 fully saturated rings. The molecule has 0 aliphatic carbocycles. The Kier molecular flexibility index (Phi) is 17.0. The fourth-order valence-electron chi connectivity index (χ4n) is 11.0. The lowest BCUT2D eigenvalue weighted by Crippen LogP contribution is -2.15. The smallest absolute Gasteiger partial charge is 0.151 e. The Labute approximate surface area is 489 Å². The van der Waals surface area contributed by atoms with Gasteiger partial charge in [0.2, 0.25) is 0 Å². The van der Waals surface area contributed by atoms with Crippen LogP contribution in [0.5, 0.6) is 11.5 Å². The van der Waals surface area contributed by atoms with Crippen LogP contribution >= 0.6 is 0 Å². The molecule has 12 aromatic carbocycles. The molecule has 2 aliphatic rings. The molecule has 408 valence electrons. The number of rotatable bonds is 5. The lowest BCUT2D eigenvalue weighted by Gasteiger charge is -2.29. The van der Waals surface area contributed by atoms with Gasteiger partial charge in [0.05, 0.1) is 11.4 Å². The first kappa shape index (κ1) is 54.6. The molecule has 0 saturated heterocycles. The van der Waals surface area contributed by atoms with Gasteiger partial charge in [-0.2, -0.15) is 0 Å². The lowest BCUT2D eigenvalue weighted by atomic mass is 10.0. The molecule has 13 aromatic rings. The van der Waals surface area contributed by atoms with Gasteiger partial charge in [-0.3, -0.25) is 0 Å². The van der Waals surface area contributed by atoms with Crippen LogP contribution in [0.15, 0.2) is 303 Å². The van der Waals surface area contributed by atoms with E-state index in [1.54, 1.807) is 0 Å². The second kappa shape index (κ2) is 25.9. The molecule has 3 heterocycles. The maximum Gasteiger partial charge on any atom is 0.151 e. The number of hydrogen-bond acceptors (Lipinski definition) is 5. The van der Waals surface area contributed by atoms with Crippen molar-refractivity contribution >= 4 is 78.1 Å². The van der Waals surface area contributed by atoms with E-state index in [1.807, 2.05) is 60.7 Å². The van der Waals surface area contributed by atoms with Crippen molar-refractivity contribution in [3.8, 4) is 22.6 Å². The monoisotopic (exact) mass is 1080 g/mol. The third-order valence-electron chi connectivity index (χ3n) is 15.6. The second-order valence-corrected chi connectivity index (χ2v) is 20.7. The maximum atomic E-state index is 5.81. The Morgan fingerprint density at radius 3 is 1.23 bits per heavy atom. The van der Waals surface area contributed by atoms with Crippen LogP contribution in [-0.4, -0.2) is 32.8 Å². The average molecular weight is 1080 g/mol. The lowest BCUT2D eigenvalue weighted by molar-refractivity contribution is 0.475. The fraction of sp³-hybridized carbons (Fsp3) is 0.0909. The average Bonchev–Trinajstić information content (AvgIpc) is 4.05. The largest absolute Gasteiger partial charge is 0.453 e. The van der Waals surface area contributed by atoms with Crippen LogP contribution in [-0.2, 0) is 19.9 Å². The quantitative estimate of drug-likeness (QED) is 0.171. The topological polar surface area (TPSA) is 27.1 Å². The summed E-state index contributed by atoms with van der Waals surface area (Å²) in [5.74, 6) is 1.83. The third kappa shape index (κ3) is 12.5. The molecule has 0 saturated carbocycles. The molecule has 0 amide bonds. The Hall–Kier alpha value is -10.3. The first-order chi connectivity index (χ1) is 40.8. The second-order valence-electron chi connectivity index (χ2n) is 20.7. The Bertz CT molecular complexity index is 4090. The van der Waals surface area contributed by atoms with Gasteiger partial charge in [0.25, 0.3) is 0 Å². The van der Waals surface area contributed by atoms with Crippen molar-refractivity contribution in [1.82, 2.24) is 4.57 Å². The molecule has 6 nitrogen and oxygen atoms in total. The summed E-state index contributed by atoms with van der Waals surface area (Å²) in [6.45, 7) is 0. The van der Waals surface area contributed by atoms with Crippen LogP contribution in [0.2, 0.25) is 0 Å². The molecule has 0 N–H and O–H groups in total. The number of aryl methyl sites for hydroxylation is 3. The molecule has 15 rings (SSSR count). The summed E-state index contributed by atoms with van der Waals surface area (Å²) in [7, 11) is 10.5. The van der Waals surface area contributed by atoms with Crippen molar-refractivity contribution in [2.45, 2.75) is 12.8 Å². The van der Waals surface area contributed by atoms with Crippen molar-refractivity contribution in [1.29, 1.82) is 0 Å². The van der Waals surface area contributed by atoms with Crippen molar-refractivity contribution in [2.24, 2.45) is 7.05 Å². The van der Waals surface area contributed by atoms with Gasteiger partial charge in [-0.1, -0.05) is 200 Å². The van der Waals surface area contributed by atoms with Crippen LogP contribution in [0.25, 0.3) is 43.7 Å². The van der Waals surface area contributed by atoms with Gasteiger partial charge in [0, 0.05) is 91.2 Å². The van der Waals surface area contributed by atoms with E-state index in [9.17, 15) is 0 Å². The molecule has 1 aromatic heterocycles. The molecular weight excluding hydrogens is 1010 g/mol. The van der Waals surface area contributed by atoms with E-state index in [-0.39, 0.29) is 0 Å². The Balaban J connectivity index is 0.000000109. The first-order valence-electron chi connectivity index (χ1n) is 28.4. The molecule has 0 atom stereocenters. The van der Waals surface area contributed by atoms with E-state index in [0.29, 0.717) is 0 Å². The third-order valence-corrected chi connectivity index (χ3v) is 15.6. The number of anilines is 8. The highest BCUT2D eigenvalue weighted by Crippen LogP contribution is 2.45. The Morgan fingerprint density at radius 1 is 0.301 bits per heavy atom. The molecule has 0 unspecified atom stereocenters. The van der Waals surface area contributed by atoms with E-state index in [4.69, 9.17) is 4.74 Å². The standard InChI is InChI=1S/C19H17N.C17H13N.C15H15N.C13H11NO.C13H13N/c1-20(18-12-6-3-7-13-18)19-14-8-11-17(15-19)16-9-4-2-5-10-16;1-18-16-9-5-4-8-14(16)15-10-12-6-2-3-7-13(12)11-17(15)18;1-16-14-8-4-2-6-12(14)10-11-13-7-3-5-9-15(13)16;1-14-10-6-2-4-8-12(10)15-13-9-5-3-7-11(13)14;1-14(12-8-4-2-5-9-12)13-10-6-3-7-11-13/h2-15H,1H3;2-11H,1H3;2-9H,10-11H2,1H3;2-9H,1H3;2-11H,1H3. The molecule has 0 radical (unpaired) electrons. The number of para-hydroxylation sites is 10. The number of ether oxygens (including phenoxy) is 1. The van der Waals surface area contributed by atoms with Gasteiger partial charge in [0.1, 0.15) is 0 Å². The fourth-order valence-corrected chi connectivity index (χ4v) is 11.0. The van der Waals surface area contributed by atoms with E-state index in [0.717, 1.165) is 35.7 Å². The van der Waals surface area contributed by atoms with Crippen molar-refractivity contribution in [3.63, 3.8) is 0 Å².